The lowest BCUT2D eigenvalue weighted by molar-refractivity contribution is 0.551. The van der Waals surface area contributed by atoms with E-state index < -0.39 is 0 Å². The first kappa shape index (κ1) is 11.1. The molecule has 0 saturated carbocycles. The van der Waals surface area contributed by atoms with Crippen LogP contribution in [0.15, 0.2) is 21.2 Å². The summed E-state index contributed by atoms with van der Waals surface area (Å²) in [6, 6.07) is 3.72. The number of hydrogen-bond donors (Lipinski definition) is 1. The normalized spacial score (nSPS) is 13.8. The van der Waals surface area contributed by atoms with Crippen LogP contribution in [0.2, 0.25) is 0 Å². The molecule has 0 aromatic carbocycles. The van der Waals surface area contributed by atoms with Crippen molar-refractivity contribution in [2.24, 2.45) is 0 Å². The van der Waals surface area contributed by atoms with E-state index in [9.17, 15) is 0 Å². The second-order valence-corrected chi connectivity index (χ2v) is 5.43. The zero-order chi connectivity index (χ0) is 11.8. The molecule has 3 heterocycles. The number of furan rings is 1. The molecule has 0 amide bonds. The molecule has 0 spiro atoms. The monoisotopic (exact) mass is 311 g/mol. The Morgan fingerprint density at radius 1 is 1.35 bits per heavy atom. The molecule has 17 heavy (non-hydrogen) atoms. The Labute approximate surface area is 111 Å². The van der Waals surface area contributed by atoms with Gasteiger partial charge in [0.1, 0.15) is 5.82 Å². The number of nitrogens with one attached hydrogen (secondary N) is 1. The number of nitrogens with zero attached hydrogens (tertiary/aromatic N) is 2. The molecule has 1 aliphatic heterocycles. The van der Waals surface area contributed by atoms with Gasteiger partial charge in [0.2, 0.25) is 0 Å². The number of aromatic nitrogens is 2. The summed E-state index contributed by atoms with van der Waals surface area (Å²) >= 11 is 5.14. The van der Waals surface area contributed by atoms with Gasteiger partial charge < -0.3 is 9.73 Å². The Balaban J connectivity index is 2.12. The molecule has 0 bridgehead atoms. The van der Waals surface area contributed by atoms with Crippen molar-refractivity contribution in [3.05, 3.63) is 28.1 Å². The van der Waals surface area contributed by atoms with Crippen molar-refractivity contribution in [2.45, 2.75) is 11.5 Å². The Hall–Kier alpha value is -1.01. The molecule has 0 atom stereocenters. The highest BCUT2D eigenvalue weighted by Gasteiger charge is 2.20. The quantitative estimate of drug-likeness (QED) is 0.922. The topological polar surface area (TPSA) is 51.0 Å². The molecular formula is C11H10BrN3OS. The number of hydrogen-bond acceptors (Lipinski definition) is 5. The van der Waals surface area contributed by atoms with Crippen LogP contribution in [0.1, 0.15) is 11.3 Å². The molecule has 3 rings (SSSR count). The van der Waals surface area contributed by atoms with Crippen molar-refractivity contribution in [2.75, 3.05) is 12.4 Å². The summed E-state index contributed by atoms with van der Waals surface area (Å²) in [6.07, 6.45) is 0. The summed E-state index contributed by atoms with van der Waals surface area (Å²) < 4.78 is 6.18. The lowest BCUT2D eigenvalue weighted by Crippen LogP contribution is -2.02. The molecule has 0 aliphatic carbocycles. The van der Waals surface area contributed by atoms with Gasteiger partial charge in [0, 0.05) is 24.1 Å². The molecule has 88 valence electrons. The predicted octanol–water partition coefficient (Wildman–Crippen LogP) is 3.29. The summed E-state index contributed by atoms with van der Waals surface area (Å²) in [5.41, 5.74) is 2.32. The van der Waals surface area contributed by atoms with Crippen LogP contribution in [-0.4, -0.2) is 17.0 Å². The summed E-state index contributed by atoms with van der Waals surface area (Å²) in [5, 5.41) is 3.13. The fourth-order valence-electron chi connectivity index (χ4n) is 1.80. The number of thioether (sulfide) groups is 1. The standard InChI is InChI=1S/C11H10BrN3OS/c1-13-10-6-4-17-5-7(6)14-11(15-10)8-2-3-9(12)16-8/h2-3H,4-5H2,1H3,(H,13,14,15). The maximum Gasteiger partial charge on any atom is 0.197 e. The number of fused-ring (bicyclic) bond motifs is 1. The van der Waals surface area contributed by atoms with Crippen LogP contribution in [0.5, 0.6) is 0 Å². The smallest absolute Gasteiger partial charge is 0.197 e. The maximum atomic E-state index is 5.49. The molecule has 2 aromatic heterocycles. The van der Waals surface area contributed by atoms with Gasteiger partial charge in [0.15, 0.2) is 16.3 Å². The molecule has 1 N–H and O–H groups in total. The summed E-state index contributed by atoms with van der Waals surface area (Å²) in [6.45, 7) is 0. The molecule has 0 fully saturated rings. The van der Waals surface area contributed by atoms with Crippen molar-refractivity contribution in [3.63, 3.8) is 0 Å². The van der Waals surface area contributed by atoms with Crippen molar-refractivity contribution in [1.82, 2.24) is 9.97 Å². The molecule has 2 aromatic rings. The van der Waals surface area contributed by atoms with Gasteiger partial charge in [-0.2, -0.15) is 11.8 Å². The van der Waals surface area contributed by atoms with Gasteiger partial charge in [0.05, 0.1) is 5.69 Å². The fourth-order valence-corrected chi connectivity index (χ4v) is 3.15. The average Bonchev–Trinajstić information content (AvgIpc) is 2.95. The van der Waals surface area contributed by atoms with Crippen molar-refractivity contribution in [3.8, 4) is 11.6 Å². The minimum atomic E-state index is 0.640. The fraction of sp³-hybridized carbons (Fsp3) is 0.273. The van der Waals surface area contributed by atoms with E-state index in [1.54, 1.807) is 0 Å². The molecule has 6 heteroatoms. The molecular weight excluding hydrogens is 302 g/mol. The van der Waals surface area contributed by atoms with Gasteiger partial charge >= 0.3 is 0 Å². The van der Waals surface area contributed by atoms with Gasteiger partial charge in [-0.3, -0.25) is 0 Å². The summed E-state index contributed by atoms with van der Waals surface area (Å²) in [5.74, 6) is 4.16. The number of halogens is 1. The number of anilines is 1. The van der Waals surface area contributed by atoms with Crippen LogP contribution in [0, 0.1) is 0 Å². The molecule has 4 nitrogen and oxygen atoms in total. The lowest BCUT2D eigenvalue weighted by Gasteiger charge is -2.07. The van der Waals surface area contributed by atoms with E-state index in [2.05, 4.69) is 31.2 Å². The SMILES string of the molecule is CNc1nc(-c2ccc(Br)o2)nc2c1CSC2. The zero-order valence-corrected chi connectivity index (χ0v) is 11.6. The van der Waals surface area contributed by atoms with E-state index in [-0.39, 0.29) is 0 Å². The van der Waals surface area contributed by atoms with E-state index >= 15 is 0 Å². The predicted molar refractivity (Wildman–Crippen MR) is 72.0 cm³/mol. The first-order chi connectivity index (χ1) is 8.28. The Kier molecular flexibility index (Phi) is 2.84. The highest BCUT2D eigenvalue weighted by atomic mass is 79.9. The van der Waals surface area contributed by atoms with Crippen LogP contribution in [0.25, 0.3) is 11.6 Å². The van der Waals surface area contributed by atoms with Crippen LogP contribution < -0.4 is 5.32 Å². The van der Waals surface area contributed by atoms with Gasteiger partial charge in [-0.05, 0) is 28.1 Å². The Bertz CT molecular complexity index is 570. The average molecular weight is 312 g/mol. The van der Waals surface area contributed by atoms with Crippen molar-refractivity contribution >= 4 is 33.5 Å². The van der Waals surface area contributed by atoms with Gasteiger partial charge in [-0.1, -0.05) is 0 Å². The van der Waals surface area contributed by atoms with Crippen LogP contribution in [0.4, 0.5) is 5.82 Å². The van der Waals surface area contributed by atoms with Gasteiger partial charge in [0.25, 0.3) is 0 Å². The second-order valence-electron chi connectivity index (χ2n) is 3.67. The number of rotatable bonds is 2. The first-order valence-electron chi connectivity index (χ1n) is 5.19. The molecule has 1 aliphatic rings. The summed E-state index contributed by atoms with van der Waals surface area (Å²) in [4.78, 5) is 9.06. The van der Waals surface area contributed by atoms with E-state index in [1.165, 1.54) is 5.56 Å². The largest absolute Gasteiger partial charge is 0.446 e. The minimum absolute atomic E-state index is 0.640. The van der Waals surface area contributed by atoms with E-state index in [1.807, 2.05) is 30.9 Å². The molecule has 0 radical (unpaired) electrons. The van der Waals surface area contributed by atoms with Crippen molar-refractivity contribution in [1.29, 1.82) is 0 Å². The van der Waals surface area contributed by atoms with Gasteiger partial charge in [-0.25, -0.2) is 9.97 Å². The highest BCUT2D eigenvalue weighted by Crippen LogP contribution is 2.34. The van der Waals surface area contributed by atoms with Gasteiger partial charge in [-0.15, -0.1) is 0 Å². The third kappa shape index (κ3) is 1.95. The Morgan fingerprint density at radius 3 is 2.94 bits per heavy atom. The Morgan fingerprint density at radius 2 is 2.24 bits per heavy atom. The first-order valence-corrected chi connectivity index (χ1v) is 7.13. The third-order valence-electron chi connectivity index (χ3n) is 2.61. The molecule has 0 saturated heterocycles. The minimum Gasteiger partial charge on any atom is -0.446 e. The van der Waals surface area contributed by atoms with Crippen molar-refractivity contribution < 1.29 is 4.42 Å². The van der Waals surface area contributed by atoms with Crippen LogP contribution >= 0.6 is 27.7 Å². The highest BCUT2D eigenvalue weighted by molar-refractivity contribution is 9.10. The zero-order valence-electron chi connectivity index (χ0n) is 9.16. The molecule has 0 unspecified atom stereocenters. The lowest BCUT2D eigenvalue weighted by atomic mass is 10.2. The second kappa shape index (κ2) is 4.34. The van der Waals surface area contributed by atoms with E-state index in [0.29, 0.717) is 16.3 Å². The third-order valence-corrected chi connectivity index (χ3v) is 4.00. The summed E-state index contributed by atoms with van der Waals surface area (Å²) in [7, 11) is 1.88. The maximum absolute atomic E-state index is 5.49. The van der Waals surface area contributed by atoms with E-state index in [4.69, 9.17) is 4.42 Å². The van der Waals surface area contributed by atoms with Crippen LogP contribution in [-0.2, 0) is 11.5 Å². The van der Waals surface area contributed by atoms with E-state index in [0.717, 1.165) is 23.0 Å². The van der Waals surface area contributed by atoms with Crippen LogP contribution in [0.3, 0.4) is 0 Å².